The van der Waals surface area contributed by atoms with Gasteiger partial charge in [0.2, 0.25) is 11.8 Å². The van der Waals surface area contributed by atoms with Gasteiger partial charge in [-0.25, -0.2) is 0 Å². The lowest BCUT2D eigenvalue weighted by Gasteiger charge is -2.27. The van der Waals surface area contributed by atoms with Crippen LogP contribution in [0.5, 0.6) is 5.75 Å². The summed E-state index contributed by atoms with van der Waals surface area (Å²) in [6.45, 7) is 3.18. The maximum Gasteiger partial charge on any atom is 0.264 e. The molecule has 2 heterocycles. The van der Waals surface area contributed by atoms with E-state index in [0.29, 0.717) is 69.9 Å². The predicted octanol–water partition coefficient (Wildman–Crippen LogP) is 1.21. The minimum Gasteiger partial charge on any atom is -0.489 e. The molecule has 2 aliphatic rings. The zero-order valence-electron chi connectivity index (χ0n) is 21.5. The van der Waals surface area contributed by atoms with Crippen molar-refractivity contribution < 1.29 is 38.1 Å². The number of hydrogen-bond acceptors (Lipinski definition) is 10. The number of benzene rings is 2. The van der Waals surface area contributed by atoms with Gasteiger partial charge in [0.1, 0.15) is 18.4 Å². The van der Waals surface area contributed by atoms with Gasteiger partial charge < -0.3 is 30.0 Å². The summed E-state index contributed by atoms with van der Waals surface area (Å²) in [6, 6.07) is 11.2. The Morgan fingerprint density at radius 3 is 2.26 bits per heavy atom. The first kappa shape index (κ1) is 28.0. The summed E-state index contributed by atoms with van der Waals surface area (Å²) in [7, 11) is 0. The lowest BCUT2D eigenvalue weighted by atomic mass is 10.0. The molecular formula is C27H32N4O8. The number of ether oxygens (including phenoxy) is 4. The van der Waals surface area contributed by atoms with E-state index in [2.05, 4.69) is 10.6 Å². The van der Waals surface area contributed by atoms with Crippen molar-refractivity contribution in [3.05, 3.63) is 53.6 Å². The second-order valence-electron chi connectivity index (χ2n) is 8.83. The van der Waals surface area contributed by atoms with Crippen molar-refractivity contribution in [1.29, 1.82) is 0 Å². The number of nitrogens with two attached hydrogens (primary N) is 1. The lowest BCUT2D eigenvalue weighted by molar-refractivity contribution is -0.136. The topological polar surface area (TPSA) is 159 Å². The van der Waals surface area contributed by atoms with Crippen LogP contribution in [-0.4, -0.2) is 87.4 Å². The summed E-state index contributed by atoms with van der Waals surface area (Å²) in [4.78, 5) is 50.6. The van der Waals surface area contributed by atoms with Crippen LogP contribution in [-0.2, 0) is 23.8 Å². The number of nitrogen functional groups attached to an aromatic ring is 1. The average molecular weight is 541 g/mol. The van der Waals surface area contributed by atoms with Crippen molar-refractivity contribution in [3.8, 4) is 5.75 Å². The number of fused-ring (bicyclic) bond motifs is 1. The van der Waals surface area contributed by atoms with Crippen LogP contribution in [0, 0.1) is 0 Å². The number of para-hydroxylation sites is 2. The molecule has 1 unspecified atom stereocenters. The van der Waals surface area contributed by atoms with E-state index in [1.54, 1.807) is 30.3 Å². The minimum absolute atomic E-state index is 0.0721. The number of nitrogens with one attached hydrogen (secondary N) is 2. The van der Waals surface area contributed by atoms with E-state index in [0.717, 1.165) is 4.90 Å². The molecule has 0 aromatic heterocycles. The number of carbonyl (C=O) groups excluding carboxylic acids is 4. The Kier molecular flexibility index (Phi) is 9.84. The number of anilines is 2. The highest BCUT2D eigenvalue weighted by atomic mass is 16.6. The van der Waals surface area contributed by atoms with Crippen molar-refractivity contribution in [3.63, 3.8) is 0 Å². The highest BCUT2D eigenvalue weighted by Crippen LogP contribution is 2.32. The van der Waals surface area contributed by atoms with E-state index in [1.807, 2.05) is 12.1 Å². The fourth-order valence-electron chi connectivity index (χ4n) is 4.28. The molecule has 0 bridgehead atoms. The molecule has 0 spiro atoms. The second kappa shape index (κ2) is 13.7. The first-order valence-corrected chi connectivity index (χ1v) is 12.8. The zero-order chi connectivity index (χ0) is 27.6. The number of nitrogens with zero attached hydrogens (tertiary/aromatic N) is 1. The largest absolute Gasteiger partial charge is 0.489 e. The third-order valence-electron chi connectivity index (χ3n) is 6.18. The Morgan fingerprint density at radius 1 is 0.846 bits per heavy atom. The van der Waals surface area contributed by atoms with E-state index in [-0.39, 0.29) is 24.0 Å². The Balaban J connectivity index is 1.09. The number of amides is 4. The molecule has 0 saturated carbocycles. The number of piperidine rings is 1. The fourth-order valence-corrected chi connectivity index (χ4v) is 4.28. The molecule has 208 valence electrons. The van der Waals surface area contributed by atoms with Gasteiger partial charge in [-0.05, 0) is 30.7 Å². The summed E-state index contributed by atoms with van der Waals surface area (Å²) in [6.07, 6.45) is 0.182. The molecule has 39 heavy (non-hydrogen) atoms. The Labute approximate surface area is 225 Å². The molecule has 2 aromatic carbocycles. The SMILES string of the molecule is Nc1ccccc1OCCOCCOCCOCCNc1cccc2c1C(=O)N(C1CCC(=O)NC1=O)C2=O. The van der Waals surface area contributed by atoms with E-state index >= 15 is 0 Å². The maximum absolute atomic E-state index is 13.1. The van der Waals surface area contributed by atoms with Gasteiger partial charge in [-0.1, -0.05) is 18.2 Å². The standard InChI is InChI=1S/C27H32N4O8/c28-19-5-1-2-7-22(19)39-17-16-38-15-14-37-13-12-36-11-10-29-20-6-3-4-18-24(20)27(35)31(26(18)34)21-8-9-23(32)30-25(21)33/h1-7,21,29H,8-17,28H2,(H,30,32,33). The number of carbonyl (C=O) groups is 4. The minimum atomic E-state index is -1.00. The molecular weight excluding hydrogens is 508 g/mol. The van der Waals surface area contributed by atoms with Crippen molar-refractivity contribution >= 4 is 35.0 Å². The summed E-state index contributed by atoms with van der Waals surface area (Å²) in [5.41, 5.74) is 7.32. The molecule has 0 radical (unpaired) electrons. The highest BCUT2D eigenvalue weighted by molar-refractivity contribution is 6.25. The first-order valence-electron chi connectivity index (χ1n) is 12.8. The van der Waals surface area contributed by atoms with Crippen molar-refractivity contribution in [2.24, 2.45) is 0 Å². The highest BCUT2D eigenvalue weighted by Gasteiger charge is 2.45. The normalized spacial score (nSPS) is 16.8. The summed E-state index contributed by atoms with van der Waals surface area (Å²) in [5.74, 6) is -1.52. The van der Waals surface area contributed by atoms with Gasteiger partial charge in [0, 0.05) is 18.7 Å². The fraction of sp³-hybridized carbons (Fsp3) is 0.407. The van der Waals surface area contributed by atoms with Crippen LogP contribution in [0.2, 0.25) is 0 Å². The van der Waals surface area contributed by atoms with E-state index in [9.17, 15) is 19.2 Å². The number of hydrogen-bond donors (Lipinski definition) is 3. The van der Waals surface area contributed by atoms with Crippen LogP contribution in [0.4, 0.5) is 11.4 Å². The van der Waals surface area contributed by atoms with Crippen LogP contribution in [0.3, 0.4) is 0 Å². The molecule has 12 heteroatoms. The predicted molar refractivity (Wildman–Crippen MR) is 140 cm³/mol. The van der Waals surface area contributed by atoms with Crippen LogP contribution >= 0.6 is 0 Å². The van der Waals surface area contributed by atoms with Gasteiger partial charge >= 0.3 is 0 Å². The van der Waals surface area contributed by atoms with E-state index < -0.39 is 29.7 Å². The van der Waals surface area contributed by atoms with Gasteiger partial charge in [0.25, 0.3) is 11.8 Å². The summed E-state index contributed by atoms with van der Waals surface area (Å²) < 4.78 is 22.1. The lowest BCUT2D eigenvalue weighted by Crippen LogP contribution is -2.54. The Morgan fingerprint density at radius 2 is 1.54 bits per heavy atom. The number of rotatable bonds is 15. The molecule has 0 aliphatic carbocycles. The van der Waals surface area contributed by atoms with Gasteiger partial charge in [0.15, 0.2) is 0 Å². The van der Waals surface area contributed by atoms with E-state index in [1.165, 1.54) is 0 Å². The smallest absolute Gasteiger partial charge is 0.264 e. The average Bonchev–Trinajstić information content (AvgIpc) is 3.18. The Hall–Kier alpha value is -4.00. The number of imide groups is 2. The van der Waals surface area contributed by atoms with Crippen molar-refractivity contribution in [2.75, 3.05) is 63.8 Å². The van der Waals surface area contributed by atoms with Crippen molar-refractivity contribution in [2.45, 2.75) is 18.9 Å². The van der Waals surface area contributed by atoms with Gasteiger partial charge in [-0.3, -0.25) is 29.4 Å². The van der Waals surface area contributed by atoms with E-state index in [4.69, 9.17) is 24.7 Å². The third kappa shape index (κ3) is 7.11. The summed E-state index contributed by atoms with van der Waals surface area (Å²) in [5, 5.41) is 5.32. The second-order valence-corrected chi connectivity index (χ2v) is 8.83. The molecule has 12 nitrogen and oxygen atoms in total. The van der Waals surface area contributed by atoms with Crippen LogP contribution in [0.15, 0.2) is 42.5 Å². The molecule has 1 fully saturated rings. The van der Waals surface area contributed by atoms with Gasteiger partial charge in [0.05, 0.1) is 56.5 Å². The first-order chi connectivity index (χ1) is 19.0. The molecule has 2 aliphatic heterocycles. The third-order valence-corrected chi connectivity index (χ3v) is 6.18. The molecule has 4 rings (SSSR count). The maximum atomic E-state index is 13.1. The van der Waals surface area contributed by atoms with Gasteiger partial charge in [-0.15, -0.1) is 0 Å². The molecule has 4 amide bonds. The van der Waals surface area contributed by atoms with Gasteiger partial charge in [-0.2, -0.15) is 0 Å². The molecule has 4 N–H and O–H groups in total. The Bertz CT molecular complexity index is 1200. The van der Waals surface area contributed by atoms with Crippen LogP contribution in [0.25, 0.3) is 0 Å². The zero-order valence-corrected chi connectivity index (χ0v) is 21.5. The monoisotopic (exact) mass is 540 g/mol. The molecule has 1 atom stereocenters. The molecule has 1 saturated heterocycles. The summed E-state index contributed by atoms with van der Waals surface area (Å²) >= 11 is 0. The molecule has 2 aromatic rings. The quantitative estimate of drug-likeness (QED) is 0.170. The van der Waals surface area contributed by atoms with Crippen LogP contribution in [0.1, 0.15) is 33.6 Å². The van der Waals surface area contributed by atoms with Crippen LogP contribution < -0.4 is 21.1 Å². The van der Waals surface area contributed by atoms with Crippen molar-refractivity contribution in [1.82, 2.24) is 10.2 Å².